The molecule has 0 spiro atoms. The zero-order valence-corrected chi connectivity index (χ0v) is 14.4. The molecular formula is C17H21N3O2S. The fourth-order valence-corrected chi connectivity index (χ4v) is 2.85. The van der Waals surface area contributed by atoms with E-state index in [2.05, 4.69) is 15.6 Å². The molecule has 1 aromatic carbocycles. The van der Waals surface area contributed by atoms with Crippen molar-refractivity contribution in [2.75, 3.05) is 10.6 Å². The standard InChI is InChI=1S/C17H21N3O2S/c1-4-12(5-2)15(21)19-14-8-6-13(7-9-14)16(22)20-17-18-10-11(3)23-17/h6-10,12H,4-5H2,1-3H3,(H,19,21)(H,18,20,22). The first-order valence-electron chi connectivity index (χ1n) is 7.68. The topological polar surface area (TPSA) is 71.1 Å². The van der Waals surface area contributed by atoms with Crippen LogP contribution in [0.5, 0.6) is 0 Å². The van der Waals surface area contributed by atoms with E-state index in [1.165, 1.54) is 11.3 Å². The van der Waals surface area contributed by atoms with Crippen molar-refractivity contribution in [3.63, 3.8) is 0 Å². The Morgan fingerprint density at radius 2 is 1.78 bits per heavy atom. The Kier molecular flexibility index (Phi) is 5.87. The van der Waals surface area contributed by atoms with E-state index in [1.54, 1.807) is 30.5 Å². The summed E-state index contributed by atoms with van der Waals surface area (Å²) in [7, 11) is 0. The number of carbonyl (C=O) groups excluding carboxylic acids is 2. The van der Waals surface area contributed by atoms with E-state index in [0.717, 1.165) is 17.7 Å². The lowest BCUT2D eigenvalue weighted by molar-refractivity contribution is -0.120. The van der Waals surface area contributed by atoms with Crippen LogP contribution in [0.4, 0.5) is 10.8 Å². The summed E-state index contributed by atoms with van der Waals surface area (Å²) in [6.07, 6.45) is 3.35. The highest BCUT2D eigenvalue weighted by Crippen LogP contribution is 2.18. The van der Waals surface area contributed by atoms with Gasteiger partial charge in [-0.15, -0.1) is 11.3 Å². The van der Waals surface area contributed by atoms with Crippen LogP contribution in [0.25, 0.3) is 0 Å². The molecule has 1 heterocycles. The third-order valence-electron chi connectivity index (χ3n) is 3.61. The first-order valence-corrected chi connectivity index (χ1v) is 8.49. The average Bonchev–Trinajstić information content (AvgIpc) is 2.94. The summed E-state index contributed by atoms with van der Waals surface area (Å²) in [4.78, 5) is 29.3. The van der Waals surface area contributed by atoms with Gasteiger partial charge in [0.25, 0.3) is 5.91 Å². The Balaban J connectivity index is 1.98. The highest BCUT2D eigenvalue weighted by atomic mass is 32.1. The van der Waals surface area contributed by atoms with E-state index in [4.69, 9.17) is 0 Å². The number of aryl methyl sites for hydroxylation is 1. The van der Waals surface area contributed by atoms with Gasteiger partial charge in [0.05, 0.1) is 0 Å². The average molecular weight is 331 g/mol. The molecule has 2 rings (SSSR count). The number of hydrogen-bond acceptors (Lipinski definition) is 4. The maximum Gasteiger partial charge on any atom is 0.257 e. The second-order valence-corrected chi connectivity index (χ2v) is 6.54. The van der Waals surface area contributed by atoms with Crippen LogP contribution in [0.1, 0.15) is 41.9 Å². The van der Waals surface area contributed by atoms with Crippen molar-refractivity contribution in [2.45, 2.75) is 33.6 Å². The Morgan fingerprint density at radius 3 is 2.30 bits per heavy atom. The molecule has 0 aliphatic rings. The van der Waals surface area contributed by atoms with E-state index in [0.29, 0.717) is 16.4 Å². The van der Waals surface area contributed by atoms with E-state index in [9.17, 15) is 9.59 Å². The fourth-order valence-electron chi connectivity index (χ4n) is 2.19. The maximum atomic E-state index is 12.1. The van der Waals surface area contributed by atoms with Gasteiger partial charge in [0.15, 0.2) is 5.13 Å². The molecule has 5 nitrogen and oxygen atoms in total. The molecule has 1 aromatic heterocycles. The minimum Gasteiger partial charge on any atom is -0.326 e. The van der Waals surface area contributed by atoms with Gasteiger partial charge in [-0.25, -0.2) is 4.98 Å². The van der Waals surface area contributed by atoms with Gasteiger partial charge in [0.2, 0.25) is 5.91 Å². The lowest BCUT2D eigenvalue weighted by atomic mass is 10.0. The summed E-state index contributed by atoms with van der Waals surface area (Å²) in [5.41, 5.74) is 1.22. The molecule has 0 radical (unpaired) electrons. The minimum atomic E-state index is -0.211. The predicted molar refractivity (Wildman–Crippen MR) is 93.9 cm³/mol. The number of hydrogen-bond donors (Lipinski definition) is 2. The molecule has 6 heteroatoms. The van der Waals surface area contributed by atoms with Crippen molar-refractivity contribution < 1.29 is 9.59 Å². The molecule has 0 bridgehead atoms. The highest BCUT2D eigenvalue weighted by molar-refractivity contribution is 7.15. The highest BCUT2D eigenvalue weighted by Gasteiger charge is 2.14. The van der Waals surface area contributed by atoms with E-state index in [1.807, 2.05) is 20.8 Å². The van der Waals surface area contributed by atoms with Crippen LogP contribution < -0.4 is 10.6 Å². The number of nitrogens with zero attached hydrogens (tertiary/aromatic N) is 1. The van der Waals surface area contributed by atoms with Gasteiger partial charge >= 0.3 is 0 Å². The fraction of sp³-hybridized carbons (Fsp3) is 0.353. The summed E-state index contributed by atoms with van der Waals surface area (Å²) in [6.45, 7) is 5.94. The normalized spacial score (nSPS) is 10.6. The van der Waals surface area contributed by atoms with Crippen molar-refractivity contribution in [1.29, 1.82) is 0 Å². The van der Waals surface area contributed by atoms with Crippen molar-refractivity contribution >= 4 is 34.0 Å². The van der Waals surface area contributed by atoms with E-state index < -0.39 is 0 Å². The minimum absolute atomic E-state index is 0.0189. The third kappa shape index (κ3) is 4.63. The Labute approximate surface area is 140 Å². The van der Waals surface area contributed by atoms with Gasteiger partial charge in [-0.3, -0.25) is 14.9 Å². The smallest absolute Gasteiger partial charge is 0.257 e. The number of aromatic nitrogens is 1. The summed E-state index contributed by atoms with van der Waals surface area (Å²) >= 11 is 1.43. The summed E-state index contributed by atoms with van der Waals surface area (Å²) in [5.74, 6) is -0.172. The van der Waals surface area contributed by atoms with Crippen molar-refractivity contribution in [3.8, 4) is 0 Å². The molecule has 0 saturated heterocycles. The Morgan fingerprint density at radius 1 is 1.13 bits per heavy atom. The lowest BCUT2D eigenvalue weighted by Gasteiger charge is -2.13. The largest absolute Gasteiger partial charge is 0.326 e. The number of amides is 2. The van der Waals surface area contributed by atoms with Crippen LogP contribution in [0.3, 0.4) is 0 Å². The molecule has 2 amide bonds. The van der Waals surface area contributed by atoms with Crippen LogP contribution >= 0.6 is 11.3 Å². The Hall–Kier alpha value is -2.21. The molecule has 0 aliphatic carbocycles. The zero-order chi connectivity index (χ0) is 16.8. The summed E-state index contributed by atoms with van der Waals surface area (Å²) in [6, 6.07) is 6.86. The summed E-state index contributed by atoms with van der Waals surface area (Å²) < 4.78 is 0. The van der Waals surface area contributed by atoms with Crippen molar-refractivity contribution in [3.05, 3.63) is 40.9 Å². The first kappa shape index (κ1) is 17.1. The van der Waals surface area contributed by atoms with Crippen LogP contribution in [-0.2, 0) is 4.79 Å². The molecule has 0 fully saturated rings. The second kappa shape index (κ2) is 7.87. The molecule has 23 heavy (non-hydrogen) atoms. The number of carbonyl (C=O) groups is 2. The molecule has 2 aromatic rings. The van der Waals surface area contributed by atoms with Gasteiger partial charge in [0.1, 0.15) is 0 Å². The van der Waals surface area contributed by atoms with Crippen molar-refractivity contribution in [1.82, 2.24) is 4.98 Å². The van der Waals surface area contributed by atoms with Gasteiger partial charge in [-0.05, 0) is 44.0 Å². The van der Waals surface area contributed by atoms with Crippen LogP contribution in [0.2, 0.25) is 0 Å². The van der Waals surface area contributed by atoms with E-state index in [-0.39, 0.29) is 17.7 Å². The van der Waals surface area contributed by atoms with Gasteiger partial charge in [0, 0.05) is 28.2 Å². The lowest BCUT2D eigenvalue weighted by Crippen LogP contribution is -2.21. The number of benzene rings is 1. The van der Waals surface area contributed by atoms with Crippen LogP contribution in [0.15, 0.2) is 30.5 Å². The Bertz CT molecular complexity index is 675. The number of rotatable bonds is 6. The number of anilines is 2. The quantitative estimate of drug-likeness (QED) is 0.838. The third-order valence-corrected chi connectivity index (χ3v) is 4.44. The second-order valence-electron chi connectivity index (χ2n) is 5.31. The molecular weight excluding hydrogens is 310 g/mol. The van der Waals surface area contributed by atoms with Gasteiger partial charge in [-0.1, -0.05) is 13.8 Å². The molecule has 0 unspecified atom stereocenters. The summed E-state index contributed by atoms with van der Waals surface area (Å²) in [5, 5.41) is 6.22. The molecule has 0 saturated carbocycles. The molecule has 0 atom stereocenters. The van der Waals surface area contributed by atoms with Gasteiger partial charge in [-0.2, -0.15) is 0 Å². The molecule has 0 aliphatic heterocycles. The maximum absolute atomic E-state index is 12.1. The van der Waals surface area contributed by atoms with Crippen LogP contribution in [0, 0.1) is 12.8 Å². The van der Waals surface area contributed by atoms with Crippen molar-refractivity contribution in [2.24, 2.45) is 5.92 Å². The number of thiazole rings is 1. The monoisotopic (exact) mass is 331 g/mol. The van der Waals surface area contributed by atoms with Crippen LogP contribution in [-0.4, -0.2) is 16.8 Å². The number of nitrogens with one attached hydrogen (secondary N) is 2. The zero-order valence-electron chi connectivity index (χ0n) is 13.6. The molecule has 2 N–H and O–H groups in total. The van der Waals surface area contributed by atoms with Gasteiger partial charge < -0.3 is 5.32 Å². The van der Waals surface area contributed by atoms with E-state index >= 15 is 0 Å². The first-order chi connectivity index (χ1) is 11.0. The SMILES string of the molecule is CCC(CC)C(=O)Nc1ccc(C(=O)Nc2ncc(C)s2)cc1. The molecule has 122 valence electrons. The predicted octanol–water partition coefficient (Wildman–Crippen LogP) is 4.08.